The van der Waals surface area contributed by atoms with Crippen molar-refractivity contribution >= 4 is 39.0 Å². The van der Waals surface area contributed by atoms with Gasteiger partial charge in [-0.1, -0.05) is 0 Å². The maximum atomic E-state index is 13.9. The van der Waals surface area contributed by atoms with Gasteiger partial charge in [0, 0.05) is 0 Å². The molecule has 0 fully saturated rings. The normalized spacial score (nSPS) is 10.3. The minimum atomic E-state index is -0.529. The van der Waals surface area contributed by atoms with Crippen LogP contribution in [-0.4, -0.2) is 9.97 Å². The van der Waals surface area contributed by atoms with E-state index in [9.17, 15) is 4.39 Å². The third-order valence-electron chi connectivity index (χ3n) is 2.81. The Morgan fingerprint density at radius 1 is 1.29 bits per heavy atom. The van der Waals surface area contributed by atoms with E-state index in [0.29, 0.717) is 5.82 Å². The maximum Gasteiger partial charge on any atom is 0.240 e. The zero-order valence-corrected chi connectivity index (χ0v) is 11.4. The van der Waals surface area contributed by atoms with Crippen LogP contribution in [0.25, 0.3) is 10.2 Å². The molecule has 104 valence electrons. The highest BCUT2D eigenvalue weighted by atomic mass is 32.1. The van der Waals surface area contributed by atoms with Crippen LogP contribution in [0.2, 0.25) is 0 Å². The number of aromatic nitrogens is 2. The summed E-state index contributed by atoms with van der Waals surface area (Å²) >= 11 is 1.43. The van der Waals surface area contributed by atoms with E-state index < -0.39 is 5.82 Å². The van der Waals surface area contributed by atoms with Crippen LogP contribution in [0.3, 0.4) is 0 Å². The smallest absolute Gasteiger partial charge is 0.240 e. The number of rotatable bonds is 3. The molecular weight excluding hydrogens is 291 g/mol. The first-order valence-electron chi connectivity index (χ1n) is 5.90. The van der Waals surface area contributed by atoms with E-state index in [1.807, 2.05) is 17.5 Å². The largest absolute Gasteiger partial charge is 0.337 e. The monoisotopic (exact) mass is 300 g/mol. The van der Waals surface area contributed by atoms with Crippen molar-refractivity contribution in [3.8, 4) is 6.07 Å². The van der Waals surface area contributed by atoms with Crippen LogP contribution in [0.15, 0.2) is 29.6 Å². The summed E-state index contributed by atoms with van der Waals surface area (Å²) in [6.45, 7) is 0. The van der Waals surface area contributed by atoms with Crippen LogP contribution in [0.5, 0.6) is 0 Å². The highest BCUT2D eigenvalue weighted by Gasteiger charge is 2.11. The van der Waals surface area contributed by atoms with E-state index in [2.05, 4.69) is 20.7 Å². The Bertz CT molecular complexity index is 853. The number of nitrogens with one attached hydrogen (secondary N) is 2. The Labute approximate surface area is 123 Å². The van der Waals surface area contributed by atoms with Crippen LogP contribution >= 0.6 is 11.3 Å². The second kappa shape index (κ2) is 5.32. The van der Waals surface area contributed by atoms with Crippen LogP contribution in [-0.2, 0) is 0 Å². The molecule has 2 aromatic heterocycles. The number of halogens is 1. The number of nitrogens with zero attached hydrogens (tertiary/aromatic N) is 3. The van der Waals surface area contributed by atoms with Crippen molar-refractivity contribution in [2.24, 2.45) is 5.84 Å². The van der Waals surface area contributed by atoms with Crippen molar-refractivity contribution < 1.29 is 4.39 Å². The number of hydrazine groups is 1. The molecule has 0 unspecified atom stereocenters. The molecule has 0 saturated heterocycles. The fraction of sp³-hybridized carbons (Fsp3) is 0. The number of nitrogen functional groups attached to an aromatic ring is 1. The van der Waals surface area contributed by atoms with Crippen molar-refractivity contribution in [1.29, 1.82) is 5.26 Å². The van der Waals surface area contributed by atoms with Crippen LogP contribution in [0, 0.1) is 17.1 Å². The fourth-order valence-corrected chi connectivity index (χ4v) is 2.59. The van der Waals surface area contributed by atoms with E-state index in [1.165, 1.54) is 23.5 Å². The molecule has 0 atom stereocenters. The molecule has 1 aromatic carbocycles. The van der Waals surface area contributed by atoms with Gasteiger partial charge in [-0.2, -0.15) is 10.2 Å². The zero-order valence-electron chi connectivity index (χ0n) is 10.6. The van der Waals surface area contributed by atoms with Gasteiger partial charge >= 0.3 is 0 Å². The van der Waals surface area contributed by atoms with Crippen molar-refractivity contribution in [2.45, 2.75) is 0 Å². The van der Waals surface area contributed by atoms with Crippen LogP contribution in [0.1, 0.15) is 5.56 Å². The Kier molecular flexibility index (Phi) is 3.35. The highest BCUT2D eigenvalue weighted by Crippen LogP contribution is 2.29. The minimum absolute atomic E-state index is 0.225. The molecule has 0 bridgehead atoms. The summed E-state index contributed by atoms with van der Waals surface area (Å²) in [5, 5.41) is 14.3. The van der Waals surface area contributed by atoms with Gasteiger partial charge in [-0.3, -0.25) is 5.43 Å². The molecular formula is C13H9FN6S. The average molecular weight is 300 g/mol. The summed E-state index contributed by atoms with van der Waals surface area (Å²) < 4.78 is 13.9. The third-order valence-corrected chi connectivity index (χ3v) is 3.61. The van der Waals surface area contributed by atoms with Crippen LogP contribution in [0.4, 0.5) is 21.8 Å². The first-order valence-corrected chi connectivity index (χ1v) is 6.78. The second-order valence-electron chi connectivity index (χ2n) is 4.11. The molecule has 6 nitrogen and oxygen atoms in total. The van der Waals surface area contributed by atoms with Gasteiger partial charge in [0.15, 0.2) is 0 Å². The van der Waals surface area contributed by atoms with Crippen LogP contribution < -0.4 is 16.6 Å². The van der Waals surface area contributed by atoms with Crippen molar-refractivity contribution in [3.63, 3.8) is 0 Å². The molecule has 0 spiro atoms. The summed E-state index contributed by atoms with van der Waals surface area (Å²) in [6, 6.07) is 7.90. The van der Waals surface area contributed by atoms with E-state index in [1.54, 1.807) is 0 Å². The van der Waals surface area contributed by atoms with E-state index in [4.69, 9.17) is 11.1 Å². The van der Waals surface area contributed by atoms with Crippen molar-refractivity contribution in [2.75, 3.05) is 10.7 Å². The summed E-state index contributed by atoms with van der Waals surface area (Å²) in [7, 11) is 0. The van der Waals surface area contributed by atoms with Crippen molar-refractivity contribution in [3.05, 3.63) is 41.0 Å². The van der Waals surface area contributed by atoms with E-state index in [0.717, 1.165) is 16.3 Å². The van der Waals surface area contributed by atoms with Crippen molar-refractivity contribution in [1.82, 2.24) is 9.97 Å². The molecule has 2 heterocycles. The number of nitrogens with two attached hydrogens (primary N) is 1. The molecule has 0 aliphatic heterocycles. The maximum absolute atomic E-state index is 13.9. The molecule has 8 heteroatoms. The Morgan fingerprint density at radius 2 is 2.14 bits per heavy atom. The third kappa shape index (κ3) is 2.47. The number of nitriles is 1. The molecule has 0 aliphatic carbocycles. The van der Waals surface area contributed by atoms with Gasteiger partial charge in [0.1, 0.15) is 16.5 Å². The van der Waals surface area contributed by atoms with E-state index >= 15 is 0 Å². The van der Waals surface area contributed by atoms with Gasteiger partial charge < -0.3 is 5.32 Å². The SMILES string of the molecule is N#Cc1ccc(Nc2nc(NN)nc3sccc23)c(F)c1. The zero-order chi connectivity index (χ0) is 14.8. The fourth-order valence-electron chi connectivity index (χ4n) is 1.83. The lowest BCUT2D eigenvalue weighted by molar-refractivity contribution is 0.631. The summed E-state index contributed by atoms with van der Waals surface area (Å²) in [6.07, 6.45) is 0. The first kappa shape index (κ1) is 13.2. The lowest BCUT2D eigenvalue weighted by Crippen LogP contribution is -2.11. The summed E-state index contributed by atoms with van der Waals surface area (Å²) in [4.78, 5) is 9.12. The average Bonchev–Trinajstić information content (AvgIpc) is 2.97. The predicted octanol–water partition coefficient (Wildman–Crippen LogP) is 2.73. The molecule has 3 rings (SSSR count). The number of hydrogen-bond donors (Lipinski definition) is 3. The van der Waals surface area contributed by atoms with E-state index in [-0.39, 0.29) is 17.2 Å². The molecule has 0 amide bonds. The van der Waals surface area contributed by atoms with Gasteiger partial charge in [-0.15, -0.1) is 11.3 Å². The van der Waals surface area contributed by atoms with Gasteiger partial charge in [-0.25, -0.2) is 15.2 Å². The molecule has 21 heavy (non-hydrogen) atoms. The molecule has 3 aromatic rings. The Morgan fingerprint density at radius 3 is 2.86 bits per heavy atom. The standard InChI is InChI=1S/C13H9FN6S/c14-9-5-7(6-15)1-2-10(9)17-11-8-3-4-21-12(8)19-13(18-11)20-16/h1-5H,16H2,(H2,17,18,19,20). The lowest BCUT2D eigenvalue weighted by atomic mass is 10.2. The van der Waals surface area contributed by atoms with Gasteiger partial charge in [0.05, 0.1) is 22.7 Å². The number of thiophene rings is 1. The first-order chi connectivity index (χ1) is 10.2. The highest BCUT2D eigenvalue weighted by molar-refractivity contribution is 7.16. The van der Waals surface area contributed by atoms with Gasteiger partial charge in [0.25, 0.3) is 0 Å². The number of benzene rings is 1. The quantitative estimate of drug-likeness (QED) is 0.508. The van der Waals surface area contributed by atoms with Gasteiger partial charge in [-0.05, 0) is 29.6 Å². The number of anilines is 3. The Balaban J connectivity index is 2.05. The molecule has 4 N–H and O–H groups in total. The predicted molar refractivity (Wildman–Crippen MR) is 79.6 cm³/mol. The summed E-state index contributed by atoms with van der Waals surface area (Å²) in [5.41, 5.74) is 2.86. The van der Waals surface area contributed by atoms with Gasteiger partial charge in [0.2, 0.25) is 5.95 Å². The lowest BCUT2D eigenvalue weighted by Gasteiger charge is -2.09. The molecule has 0 radical (unpaired) electrons. The summed E-state index contributed by atoms with van der Waals surface area (Å²) in [5.74, 6) is 5.48. The number of hydrogen-bond acceptors (Lipinski definition) is 7. The second-order valence-corrected chi connectivity index (χ2v) is 5.01. The topological polar surface area (TPSA) is 99.7 Å². The molecule has 0 saturated carbocycles. The number of fused-ring (bicyclic) bond motifs is 1. The Hall–Kier alpha value is -2.76. The minimum Gasteiger partial charge on any atom is -0.337 e. The molecule has 0 aliphatic rings.